The number of fused-ring (bicyclic) bond motifs is 3. The molecule has 0 bridgehead atoms. The van der Waals surface area contributed by atoms with Gasteiger partial charge in [-0.25, -0.2) is 4.79 Å². The predicted octanol–water partition coefficient (Wildman–Crippen LogP) is 6.70. The molecule has 2 aromatic heterocycles. The fourth-order valence-corrected chi connectivity index (χ4v) is 4.61. The Kier molecular flexibility index (Phi) is 3.85. The zero-order chi connectivity index (χ0) is 18.7. The van der Waals surface area contributed by atoms with Crippen molar-refractivity contribution in [3.8, 4) is 11.3 Å². The third-order valence-corrected chi connectivity index (χ3v) is 5.91. The Morgan fingerprint density at radius 1 is 0.889 bits per heavy atom. The van der Waals surface area contributed by atoms with Crippen LogP contribution in [-0.2, 0) is 12.8 Å². The van der Waals surface area contributed by atoms with Gasteiger partial charge < -0.3 is 8.83 Å². The Balaban J connectivity index is 1.85. The lowest BCUT2D eigenvalue weighted by Crippen LogP contribution is -2.04. The first-order chi connectivity index (χ1) is 13.0. The molecule has 2 aromatic carbocycles. The second kappa shape index (κ2) is 6.15. The highest BCUT2D eigenvalue weighted by molar-refractivity contribution is 6.38. The summed E-state index contributed by atoms with van der Waals surface area (Å²) in [6.45, 7) is 1.95. The van der Waals surface area contributed by atoms with Crippen LogP contribution in [0.5, 0.6) is 0 Å². The van der Waals surface area contributed by atoms with Gasteiger partial charge in [-0.1, -0.05) is 23.2 Å². The van der Waals surface area contributed by atoms with Gasteiger partial charge in [0, 0.05) is 33.0 Å². The van der Waals surface area contributed by atoms with Crippen molar-refractivity contribution in [3.63, 3.8) is 0 Å². The van der Waals surface area contributed by atoms with Crippen LogP contribution in [0.3, 0.4) is 0 Å². The zero-order valence-electron chi connectivity index (χ0n) is 14.7. The molecule has 0 aliphatic heterocycles. The van der Waals surface area contributed by atoms with E-state index in [1.54, 1.807) is 6.07 Å². The maximum absolute atomic E-state index is 12.2. The lowest BCUT2D eigenvalue weighted by atomic mass is 9.89. The molecule has 0 atom stereocenters. The van der Waals surface area contributed by atoms with E-state index in [9.17, 15) is 4.79 Å². The van der Waals surface area contributed by atoms with Crippen LogP contribution in [0.1, 0.15) is 29.5 Å². The summed E-state index contributed by atoms with van der Waals surface area (Å²) < 4.78 is 11.6. The van der Waals surface area contributed by atoms with E-state index in [1.165, 1.54) is 30.0 Å². The summed E-state index contributed by atoms with van der Waals surface area (Å²) in [5, 5.41) is 2.74. The lowest BCUT2D eigenvalue weighted by Gasteiger charge is -2.16. The number of furan rings is 1. The van der Waals surface area contributed by atoms with Gasteiger partial charge in [0.25, 0.3) is 0 Å². The summed E-state index contributed by atoms with van der Waals surface area (Å²) in [6, 6.07) is 9.14. The third-order valence-electron chi connectivity index (χ3n) is 5.41. The van der Waals surface area contributed by atoms with Gasteiger partial charge in [-0.2, -0.15) is 0 Å². The van der Waals surface area contributed by atoms with E-state index in [4.69, 9.17) is 32.0 Å². The van der Waals surface area contributed by atoms with Crippen molar-refractivity contribution in [1.29, 1.82) is 0 Å². The largest absolute Gasteiger partial charge is 0.454 e. The van der Waals surface area contributed by atoms with Gasteiger partial charge in [0.1, 0.15) is 11.3 Å². The van der Waals surface area contributed by atoms with Crippen molar-refractivity contribution in [2.24, 2.45) is 0 Å². The predicted molar refractivity (Wildman–Crippen MR) is 109 cm³/mol. The van der Waals surface area contributed by atoms with Gasteiger partial charge in [-0.15, -0.1) is 0 Å². The molecule has 4 aromatic rings. The standard InChI is InChI=1S/C22H16Cl2O3/c1-11-15-8-14(23)9-18(24)22(15)27-21(11)17-10-20(25)26-19-7-13-5-3-2-4-12(13)6-16(17)19/h6-10H,2-5H2,1H3. The molecule has 0 unspecified atom stereocenters. The summed E-state index contributed by atoms with van der Waals surface area (Å²) in [5.41, 5.74) is 5.01. The molecule has 0 N–H and O–H groups in total. The van der Waals surface area contributed by atoms with Crippen molar-refractivity contribution in [2.45, 2.75) is 32.6 Å². The molecule has 1 aliphatic rings. The summed E-state index contributed by atoms with van der Waals surface area (Å²) in [7, 11) is 0. The Labute approximate surface area is 165 Å². The number of benzene rings is 2. The van der Waals surface area contributed by atoms with Crippen LogP contribution >= 0.6 is 23.2 Å². The van der Waals surface area contributed by atoms with Gasteiger partial charge >= 0.3 is 5.63 Å². The van der Waals surface area contributed by atoms with Crippen LogP contribution in [0.15, 0.2) is 44.0 Å². The monoisotopic (exact) mass is 398 g/mol. The van der Waals surface area contributed by atoms with Gasteiger partial charge in [-0.3, -0.25) is 0 Å². The lowest BCUT2D eigenvalue weighted by molar-refractivity contribution is 0.558. The molecule has 0 amide bonds. The van der Waals surface area contributed by atoms with E-state index in [1.807, 2.05) is 19.1 Å². The maximum Gasteiger partial charge on any atom is 0.336 e. The molecular weight excluding hydrogens is 383 g/mol. The van der Waals surface area contributed by atoms with Gasteiger partial charge in [0.2, 0.25) is 0 Å². The average Bonchev–Trinajstić information content (AvgIpc) is 2.96. The van der Waals surface area contributed by atoms with Crippen LogP contribution in [0.2, 0.25) is 10.0 Å². The molecule has 3 nitrogen and oxygen atoms in total. The Morgan fingerprint density at radius 2 is 1.63 bits per heavy atom. The summed E-state index contributed by atoms with van der Waals surface area (Å²) in [6.07, 6.45) is 4.42. The van der Waals surface area contributed by atoms with E-state index in [0.717, 1.165) is 34.7 Å². The highest BCUT2D eigenvalue weighted by Crippen LogP contribution is 2.40. The van der Waals surface area contributed by atoms with E-state index >= 15 is 0 Å². The Bertz CT molecular complexity index is 1280. The molecule has 0 saturated heterocycles. The van der Waals surface area contributed by atoms with Crippen LogP contribution < -0.4 is 5.63 Å². The second-order valence-electron chi connectivity index (χ2n) is 7.12. The molecule has 0 saturated carbocycles. The molecule has 0 spiro atoms. The molecule has 136 valence electrons. The van der Waals surface area contributed by atoms with E-state index in [-0.39, 0.29) is 0 Å². The summed E-state index contributed by atoms with van der Waals surface area (Å²) in [4.78, 5) is 12.2. The number of rotatable bonds is 1. The smallest absolute Gasteiger partial charge is 0.336 e. The fourth-order valence-electron chi connectivity index (χ4n) is 4.08. The van der Waals surface area contributed by atoms with Gasteiger partial charge in [0.15, 0.2) is 5.58 Å². The normalized spacial score (nSPS) is 14.0. The number of hydrogen-bond donors (Lipinski definition) is 0. The van der Waals surface area contributed by atoms with Crippen LogP contribution in [-0.4, -0.2) is 0 Å². The molecule has 0 fully saturated rings. The molecule has 2 heterocycles. The van der Waals surface area contributed by atoms with E-state index in [2.05, 4.69) is 6.07 Å². The first-order valence-corrected chi connectivity index (χ1v) is 9.75. The van der Waals surface area contributed by atoms with Gasteiger partial charge in [-0.05, 0) is 68.0 Å². The molecule has 0 radical (unpaired) electrons. The molecular formula is C22H16Cl2O3. The summed E-state index contributed by atoms with van der Waals surface area (Å²) in [5.74, 6) is 0.628. The van der Waals surface area contributed by atoms with E-state index in [0.29, 0.717) is 27.0 Å². The van der Waals surface area contributed by atoms with Crippen LogP contribution in [0.25, 0.3) is 33.3 Å². The highest BCUT2D eigenvalue weighted by Gasteiger charge is 2.20. The number of hydrogen-bond acceptors (Lipinski definition) is 3. The quantitative estimate of drug-likeness (QED) is 0.335. The molecule has 1 aliphatic carbocycles. The summed E-state index contributed by atoms with van der Waals surface area (Å²) >= 11 is 12.5. The average molecular weight is 399 g/mol. The zero-order valence-corrected chi connectivity index (χ0v) is 16.2. The van der Waals surface area contributed by atoms with E-state index < -0.39 is 5.63 Å². The fraction of sp³-hybridized carbons (Fsp3) is 0.227. The number of aryl methyl sites for hydroxylation is 3. The minimum Gasteiger partial charge on any atom is -0.454 e. The third kappa shape index (κ3) is 2.69. The van der Waals surface area contributed by atoms with Crippen molar-refractivity contribution < 1.29 is 8.83 Å². The first-order valence-electron chi connectivity index (χ1n) is 8.99. The van der Waals surface area contributed by atoms with Crippen molar-refractivity contribution in [2.75, 3.05) is 0 Å². The van der Waals surface area contributed by atoms with Gasteiger partial charge in [0.05, 0.1) is 5.02 Å². The van der Waals surface area contributed by atoms with Crippen LogP contribution in [0, 0.1) is 6.92 Å². The minimum atomic E-state index is -0.391. The van der Waals surface area contributed by atoms with Crippen molar-refractivity contribution in [1.82, 2.24) is 0 Å². The molecule has 27 heavy (non-hydrogen) atoms. The number of halogens is 2. The van der Waals surface area contributed by atoms with Crippen molar-refractivity contribution in [3.05, 3.63) is 67.5 Å². The molecule has 5 rings (SSSR count). The first kappa shape index (κ1) is 16.9. The minimum absolute atomic E-state index is 0.391. The second-order valence-corrected chi connectivity index (χ2v) is 7.97. The van der Waals surface area contributed by atoms with Crippen molar-refractivity contribution >= 4 is 45.1 Å². The highest BCUT2D eigenvalue weighted by atomic mass is 35.5. The topological polar surface area (TPSA) is 43.4 Å². The Morgan fingerprint density at radius 3 is 2.41 bits per heavy atom. The Hall–Kier alpha value is -2.23. The SMILES string of the molecule is Cc1c(-c2cc(=O)oc3cc4c(cc23)CCCC4)oc2c(Cl)cc(Cl)cc12. The molecule has 5 heteroatoms. The maximum atomic E-state index is 12.2. The van der Waals surface area contributed by atoms with Crippen LogP contribution in [0.4, 0.5) is 0 Å².